The molecule has 5 heteroatoms. The molecular weight excluding hydrogens is 333 g/mol. The summed E-state index contributed by atoms with van der Waals surface area (Å²) in [6.07, 6.45) is 5.40. The van der Waals surface area contributed by atoms with Crippen molar-refractivity contribution >= 4 is 23.2 Å². The van der Waals surface area contributed by atoms with Crippen molar-refractivity contribution in [2.75, 3.05) is 26.2 Å². The summed E-state index contributed by atoms with van der Waals surface area (Å²) in [4.78, 5) is 2.39. The first-order valence-corrected chi connectivity index (χ1v) is 9.34. The van der Waals surface area contributed by atoms with Crippen LogP contribution in [0.15, 0.2) is 18.2 Å². The second-order valence-corrected chi connectivity index (χ2v) is 7.15. The number of nitrogens with zero attached hydrogens (tertiary/aromatic N) is 1. The lowest BCUT2D eigenvalue weighted by Crippen LogP contribution is -2.44. The van der Waals surface area contributed by atoms with Crippen molar-refractivity contribution in [3.05, 3.63) is 28.2 Å². The number of likely N-dealkylation sites (tertiary alicyclic amines) is 1. The molecule has 0 aliphatic carbocycles. The van der Waals surface area contributed by atoms with Crippen molar-refractivity contribution in [1.29, 1.82) is 0 Å². The first-order chi connectivity index (χ1) is 11.1. The lowest BCUT2D eigenvalue weighted by atomic mass is 9.91. The van der Waals surface area contributed by atoms with E-state index in [1.807, 2.05) is 6.07 Å². The average molecular weight is 360 g/mol. The number of halogens is 2. The van der Waals surface area contributed by atoms with E-state index >= 15 is 0 Å². The third-order valence-corrected chi connectivity index (χ3v) is 5.27. The van der Waals surface area contributed by atoms with E-state index in [2.05, 4.69) is 11.8 Å². The molecule has 130 valence electrons. The topological polar surface area (TPSA) is 32.7 Å². The summed E-state index contributed by atoms with van der Waals surface area (Å²) >= 11 is 11.9. The van der Waals surface area contributed by atoms with Gasteiger partial charge in [0.05, 0.1) is 22.8 Å². The highest BCUT2D eigenvalue weighted by molar-refractivity contribution is 6.42. The zero-order valence-corrected chi connectivity index (χ0v) is 15.3. The predicted octanol–water partition coefficient (Wildman–Crippen LogP) is 4.64. The number of aliphatic hydroxyl groups is 1. The van der Waals surface area contributed by atoms with E-state index in [-0.39, 0.29) is 6.10 Å². The Morgan fingerprint density at radius 3 is 2.78 bits per heavy atom. The van der Waals surface area contributed by atoms with Crippen molar-refractivity contribution in [2.45, 2.75) is 45.1 Å². The fourth-order valence-corrected chi connectivity index (χ4v) is 3.35. The summed E-state index contributed by atoms with van der Waals surface area (Å²) in [5.41, 5.74) is 0. The van der Waals surface area contributed by atoms with Crippen LogP contribution in [0.25, 0.3) is 0 Å². The van der Waals surface area contributed by atoms with E-state index < -0.39 is 0 Å². The maximum absolute atomic E-state index is 10.3. The molecule has 1 N–H and O–H groups in total. The van der Waals surface area contributed by atoms with Gasteiger partial charge in [-0.2, -0.15) is 0 Å². The number of aliphatic hydroxyl groups excluding tert-OH is 1. The lowest BCUT2D eigenvalue weighted by Gasteiger charge is -2.36. The van der Waals surface area contributed by atoms with Crippen molar-refractivity contribution in [1.82, 2.24) is 4.90 Å². The molecule has 3 nitrogen and oxygen atoms in total. The summed E-state index contributed by atoms with van der Waals surface area (Å²) in [6, 6.07) is 5.29. The molecule has 0 unspecified atom stereocenters. The molecule has 1 aromatic rings. The minimum absolute atomic E-state index is 0.247. The van der Waals surface area contributed by atoms with E-state index in [0.717, 1.165) is 38.2 Å². The normalized spacial score (nSPS) is 22.3. The smallest absolute Gasteiger partial charge is 0.120 e. The maximum Gasteiger partial charge on any atom is 0.120 e. The number of hydrogen-bond acceptors (Lipinski definition) is 3. The minimum Gasteiger partial charge on any atom is -0.494 e. The van der Waals surface area contributed by atoms with Crippen LogP contribution < -0.4 is 4.74 Å². The third kappa shape index (κ3) is 6.15. The molecule has 1 saturated heterocycles. The number of rotatable bonds is 8. The standard InChI is InChI=1S/C18H27Cl2NO2/c1-2-3-4-9-21-10-7-14(18(22)13-21)8-11-23-15-5-6-16(19)17(20)12-15/h5-6,12,14,18,22H,2-4,7-11,13H2,1H3/t14-,18-/m0/s1. The van der Waals surface area contributed by atoms with Crippen LogP contribution >= 0.6 is 23.2 Å². The van der Waals surface area contributed by atoms with E-state index in [1.54, 1.807) is 12.1 Å². The second kappa shape index (κ2) is 9.73. The van der Waals surface area contributed by atoms with Gasteiger partial charge in [-0.25, -0.2) is 0 Å². The van der Waals surface area contributed by atoms with Gasteiger partial charge in [0.1, 0.15) is 5.75 Å². The highest BCUT2D eigenvalue weighted by atomic mass is 35.5. The monoisotopic (exact) mass is 359 g/mol. The van der Waals surface area contributed by atoms with Crippen LogP contribution in [-0.4, -0.2) is 42.4 Å². The summed E-state index contributed by atoms with van der Waals surface area (Å²) < 4.78 is 5.73. The molecule has 0 amide bonds. The van der Waals surface area contributed by atoms with E-state index in [9.17, 15) is 5.11 Å². The zero-order chi connectivity index (χ0) is 16.7. The first kappa shape index (κ1) is 18.9. The Bertz CT molecular complexity index is 484. The van der Waals surface area contributed by atoms with Gasteiger partial charge in [0.25, 0.3) is 0 Å². The van der Waals surface area contributed by atoms with Crippen LogP contribution in [0.1, 0.15) is 39.0 Å². The zero-order valence-electron chi connectivity index (χ0n) is 13.8. The molecule has 1 aromatic carbocycles. The van der Waals surface area contributed by atoms with E-state index in [4.69, 9.17) is 27.9 Å². The molecule has 0 spiro atoms. The van der Waals surface area contributed by atoms with Gasteiger partial charge in [-0.1, -0.05) is 43.0 Å². The molecule has 2 rings (SSSR count). The molecule has 0 saturated carbocycles. The fraction of sp³-hybridized carbons (Fsp3) is 0.667. The Kier molecular flexibility index (Phi) is 7.97. The maximum atomic E-state index is 10.3. The van der Waals surface area contributed by atoms with Gasteiger partial charge < -0.3 is 14.7 Å². The van der Waals surface area contributed by atoms with Gasteiger partial charge in [-0.15, -0.1) is 0 Å². The fourth-order valence-electron chi connectivity index (χ4n) is 3.07. The van der Waals surface area contributed by atoms with Crippen molar-refractivity contribution < 1.29 is 9.84 Å². The Balaban J connectivity index is 1.69. The van der Waals surface area contributed by atoms with Gasteiger partial charge in [-0.05, 0) is 50.4 Å². The number of hydrogen-bond donors (Lipinski definition) is 1. The molecule has 1 heterocycles. The highest BCUT2D eigenvalue weighted by Gasteiger charge is 2.27. The molecule has 1 aliphatic heterocycles. The highest BCUT2D eigenvalue weighted by Crippen LogP contribution is 2.27. The molecule has 1 fully saturated rings. The van der Waals surface area contributed by atoms with Gasteiger partial charge in [0.2, 0.25) is 0 Å². The largest absolute Gasteiger partial charge is 0.494 e. The molecule has 0 aromatic heterocycles. The van der Waals surface area contributed by atoms with Crippen LogP contribution in [0.5, 0.6) is 5.75 Å². The van der Waals surface area contributed by atoms with Crippen molar-refractivity contribution in [3.8, 4) is 5.75 Å². The molecule has 23 heavy (non-hydrogen) atoms. The number of piperidine rings is 1. The summed E-state index contributed by atoms with van der Waals surface area (Å²) in [6.45, 7) is 5.79. The summed E-state index contributed by atoms with van der Waals surface area (Å²) in [5.74, 6) is 1.05. The number of ether oxygens (including phenoxy) is 1. The van der Waals surface area contributed by atoms with Crippen LogP contribution in [0, 0.1) is 5.92 Å². The van der Waals surface area contributed by atoms with Crippen LogP contribution in [-0.2, 0) is 0 Å². The quantitative estimate of drug-likeness (QED) is 0.686. The molecule has 0 bridgehead atoms. The number of β-amino-alcohol motifs (C(OH)–C–C–N with tert-alkyl or cyclic N) is 1. The summed E-state index contributed by atoms with van der Waals surface area (Å²) in [5, 5.41) is 11.4. The minimum atomic E-state index is -0.247. The summed E-state index contributed by atoms with van der Waals surface area (Å²) in [7, 11) is 0. The Morgan fingerprint density at radius 1 is 1.26 bits per heavy atom. The molecular formula is C18H27Cl2NO2. The first-order valence-electron chi connectivity index (χ1n) is 8.58. The third-order valence-electron chi connectivity index (χ3n) is 4.53. The van der Waals surface area contributed by atoms with Gasteiger partial charge in [0.15, 0.2) is 0 Å². The van der Waals surface area contributed by atoms with Crippen LogP contribution in [0.3, 0.4) is 0 Å². The Hall–Kier alpha value is -0.480. The van der Waals surface area contributed by atoms with E-state index in [0.29, 0.717) is 22.6 Å². The number of unbranched alkanes of at least 4 members (excludes halogenated alkanes) is 2. The lowest BCUT2D eigenvalue weighted by molar-refractivity contribution is 0.0129. The van der Waals surface area contributed by atoms with Crippen molar-refractivity contribution in [3.63, 3.8) is 0 Å². The van der Waals surface area contributed by atoms with Gasteiger partial charge in [0, 0.05) is 12.6 Å². The Labute approximate surface area is 149 Å². The van der Waals surface area contributed by atoms with E-state index in [1.165, 1.54) is 19.3 Å². The average Bonchev–Trinajstić information content (AvgIpc) is 2.53. The molecule has 2 atom stereocenters. The van der Waals surface area contributed by atoms with Crippen molar-refractivity contribution in [2.24, 2.45) is 5.92 Å². The van der Waals surface area contributed by atoms with Gasteiger partial charge >= 0.3 is 0 Å². The van der Waals surface area contributed by atoms with Gasteiger partial charge in [-0.3, -0.25) is 0 Å². The van der Waals surface area contributed by atoms with Crippen LogP contribution in [0.2, 0.25) is 10.0 Å². The molecule has 0 radical (unpaired) electrons. The second-order valence-electron chi connectivity index (χ2n) is 6.34. The Morgan fingerprint density at radius 2 is 2.09 bits per heavy atom. The number of benzene rings is 1. The predicted molar refractivity (Wildman–Crippen MR) is 96.7 cm³/mol. The van der Waals surface area contributed by atoms with Crippen LogP contribution in [0.4, 0.5) is 0 Å². The molecule has 1 aliphatic rings. The SMILES string of the molecule is CCCCCN1CC[C@@H](CCOc2ccc(Cl)c(Cl)c2)[C@@H](O)C1.